The van der Waals surface area contributed by atoms with E-state index >= 15 is 0 Å². The van der Waals surface area contributed by atoms with E-state index in [0.717, 1.165) is 29.7 Å². The monoisotopic (exact) mass is 772 g/mol. The van der Waals surface area contributed by atoms with Gasteiger partial charge in [-0.3, -0.25) is 27.9 Å². The zero-order chi connectivity index (χ0) is 39.5. The van der Waals surface area contributed by atoms with Gasteiger partial charge in [0, 0.05) is 34.0 Å². The first-order valence-corrected chi connectivity index (χ1v) is 18.7. The van der Waals surface area contributed by atoms with Gasteiger partial charge in [-0.05, 0) is 48.2 Å². The Morgan fingerprint density at radius 1 is 0.537 bits per heavy atom. The Balaban J connectivity index is 0.000000208. The fourth-order valence-corrected chi connectivity index (χ4v) is 5.99. The van der Waals surface area contributed by atoms with Crippen molar-refractivity contribution < 1.29 is 0 Å². The van der Waals surface area contributed by atoms with Crippen LogP contribution in [0.3, 0.4) is 0 Å². The van der Waals surface area contributed by atoms with Crippen LogP contribution in [0.4, 0.5) is 0 Å². The van der Waals surface area contributed by atoms with Crippen LogP contribution in [0.5, 0.6) is 0 Å². The summed E-state index contributed by atoms with van der Waals surface area (Å²) in [4.78, 5) is 70.0. The van der Waals surface area contributed by atoms with Gasteiger partial charge in [-0.1, -0.05) is 103 Å². The molecule has 0 atom stereocenters. The van der Waals surface area contributed by atoms with Crippen molar-refractivity contribution in [2.75, 3.05) is 0 Å². The van der Waals surface area contributed by atoms with Gasteiger partial charge in [-0.25, -0.2) is 29.5 Å². The lowest BCUT2D eigenvalue weighted by Crippen LogP contribution is -2.41. The van der Waals surface area contributed by atoms with Crippen LogP contribution in [0.15, 0.2) is 80.1 Å². The third kappa shape index (κ3) is 8.71. The van der Waals surface area contributed by atoms with Gasteiger partial charge in [-0.15, -0.1) is 0 Å². The molecule has 0 bridgehead atoms. The van der Waals surface area contributed by atoms with E-state index in [2.05, 4.69) is 19.9 Å². The maximum Gasteiger partial charge on any atom is 0.333 e. The first-order valence-electron chi connectivity index (χ1n) is 17.9. The van der Waals surface area contributed by atoms with E-state index < -0.39 is 11.1 Å². The van der Waals surface area contributed by atoms with E-state index in [0.29, 0.717) is 40.1 Å². The van der Waals surface area contributed by atoms with Gasteiger partial charge in [0.1, 0.15) is 0 Å². The molecule has 0 radical (unpaired) electrons. The first kappa shape index (κ1) is 40.2. The number of aryl methyl sites for hydroxylation is 2. The summed E-state index contributed by atoms with van der Waals surface area (Å²) in [5.74, 6) is 0. The van der Waals surface area contributed by atoms with Crippen molar-refractivity contribution in [3.8, 4) is 0 Å². The SMILES string of the molecule is CCCn1c(=O)n(Cc2ccc(Cl)cc2)c(=O)c2nc(C(C)(C)C)cnc21.CCCn1c(=O)n(Cc2ccc(Cl)cc2)c(=O)c2ncc(C(C)(C)C)nc21. The molecule has 0 aliphatic heterocycles. The first-order chi connectivity index (χ1) is 25.4. The zero-order valence-electron chi connectivity index (χ0n) is 32.0. The summed E-state index contributed by atoms with van der Waals surface area (Å²) in [7, 11) is 0. The summed E-state index contributed by atoms with van der Waals surface area (Å²) < 4.78 is 5.52. The number of hydrogen-bond acceptors (Lipinski definition) is 8. The average Bonchev–Trinajstić information content (AvgIpc) is 3.12. The van der Waals surface area contributed by atoms with Gasteiger partial charge in [-0.2, -0.15) is 0 Å². The van der Waals surface area contributed by atoms with Crippen molar-refractivity contribution >= 4 is 45.5 Å². The summed E-state index contributed by atoms with van der Waals surface area (Å²) in [6, 6.07) is 14.2. The third-order valence-electron chi connectivity index (χ3n) is 8.78. The molecule has 0 saturated carbocycles. The van der Waals surface area contributed by atoms with Gasteiger partial charge in [0.2, 0.25) is 0 Å². The molecule has 54 heavy (non-hydrogen) atoms. The van der Waals surface area contributed by atoms with Gasteiger partial charge in [0.05, 0.1) is 36.9 Å². The highest BCUT2D eigenvalue weighted by Gasteiger charge is 2.22. The second-order valence-electron chi connectivity index (χ2n) is 15.3. The number of benzene rings is 2. The highest BCUT2D eigenvalue weighted by atomic mass is 35.5. The van der Waals surface area contributed by atoms with Crippen molar-refractivity contribution in [2.45, 2.75) is 105 Å². The molecule has 0 saturated heterocycles. The van der Waals surface area contributed by atoms with Crippen LogP contribution in [-0.2, 0) is 37.0 Å². The molecular formula is C40H46Cl2N8O4. The molecule has 0 fully saturated rings. The smallest absolute Gasteiger partial charge is 0.276 e. The van der Waals surface area contributed by atoms with Crippen molar-refractivity contribution in [1.29, 1.82) is 0 Å². The van der Waals surface area contributed by atoms with Crippen LogP contribution in [0.2, 0.25) is 10.0 Å². The molecule has 4 heterocycles. The van der Waals surface area contributed by atoms with Crippen molar-refractivity contribution in [3.05, 3.63) is 135 Å². The molecule has 284 valence electrons. The van der Waals surface area contributed by atoms with E-state index in [9.17, 15) is 19.2 Å². The molecule has 0 amide bonds. The van der Waals surface area contributed by atoms with E-state index in [1.807, 2.05) is 55.4 Å². The zero-order valence-corrected chi connectivity index (χ0v) is 33.5. The molecule has 2 aromatic carbocycles. The van der Waals surface area contributed by atoms with Gasteiger partial charge in [0.15, 0.2) is 22.3 Å². The molecule has 6 rings (SSSR count). The number of nitrogens with zero attached hydrogens (tertiary/aromatic N) is 8. The number of halogens is 2. The summed E-state index contributed by atoms with van der Waals surface area (Å²) in [6.45, 7) is 17.3. The molecule has 6 aromatic rings. The summed E-state index contributed by atoms with van der Waals surface area (Å²) >= 11 is 11.8. The summed E-state index contributed by atoms with van der Waals surface area (Å²) in [5.41, 5.74) is 2.16. The quantitative estimate of drug-likeness (QED) is 0.166. The van der Waals surface area contributed by atoms with Crippen LogP contribution >= 0.6 is 23.2 Å². The summed E-state index contributed by atoms with van der Waals surface area (Å²) in [6.07, 6.45) is 4.76. The van der Waals surface area contributed by atoms with Crippen LogP contribution < -0.4 is 22.5 Å². The second kappa shape index (κ2) is 16.2. The van der Waals surface area contributed by atoms with Crippen LogP contribution in [0, 0.1) is 0 Å². The Kier molecular flexibility index (Phi) is 12.1. The van der Waals surface area contributed by atoms with Gasteiger partial charge >= 0.3 is 11.4 Å². The molecule has 0 unspecified atom stereocenters. The van der Waals surface area contributed by atoms with Gasteiger partial charge < -0.3 is 0 Å². The van der Waals surface area contributed by atoms with E-state index in [1.54, 1.807) is 65.5 Å². The van der Waals surface area contributed by atoms with E-state index in [-0.39, 0.29) is 46.3 Å². The number of aromatic nitrogens is 8. The average molecular weight is 774 g/mol. The highest BCUT2D eigenvalue weighted by Crippen LogP contribution is 2.22. The van der Waals surface area contributed by atoms with Crippen LogP contribution in [0.1, 0.15) is 90.7 Å². The largest absolute Gasteiger partial charge is 0.333 e. The number of fused-ring (bicyclic) bond motifs is 2. The van der Waals surface area contributed by atoms with Crippen LogP contribution in [0.25, 0.3) is 22.3 Å². The lowest BCUT2D eigenvalue weighted by atomic mass is 9.93. The second-order valence-corrected chi connectivity index (χ2v) is 16.1. The van der Waals surface area contributed by atoms with E-state index in [4.69, 9.17) is 23.2 Å². The minimum atomic E-state index is -0.426. The van der Waals surface area contributed by atoms with Crippen molar-refractivity contribution in [3.63, 3.8) is 0 Å². The third-order valence-corrected chi connectivity index (χ3v) is 9.28. The topological polar surface area (TPSA) is 140 Å². The lowest BCUT2D eigenvalue weighted by Gasteiger charge is -2.19. The predicted octanol–water partition coefficient (Wildman–Crippen LogP) is 6.72. The Hall–Kier alpha value is -4.94. The Labute approximate surface area is 323 Å². The molecule has 4 aromatic heterocycles. The highest BCUT2D eigenvalue weighted by molar-refractivity contribution is 6.30. The number of rotatable bonds is 8. The van der Waals surface area contributed by atoms with Gasteiger partial charge in [0.25, 0.3) is 11.1 Å². The number of hydrogen-bond donors (Lipinski definition) is 0. The summed E-state index contributed by atoms with van der Waals surface area (Å²) in [5, 5.41) is 1.21. The Bertz CT molecular complexity index is 2540. The minimum Gasteiger partial charge on any atom is -0.276 e. The maximum absolute atomic E-state index is 13.1. The minimum absolute atomic E-state index is 0.163. The molecule has 0 N–H and O–H groups in total. The molecule has 12 nitrogen and oxygen atoms in total. The molecule has 14 heteroatoms. The Morgan fingerprint density at radius 2 is 0.944 bits per heavy atom. The fraction of sp³-hybridized carbons (Fsp3) is 0.400. The molecule has 0 aliphatic rings. The van der Waals surface area contributed by atoms with Crippen molar-refractivity contribution in [1.82, 2.24) is 38.2 Å². The molecular weight excluding hydrogens is 727 g/mol. The lowest BCUT2D eigenvalue weighted by molar-refractivity contribution is 0.555. The standard InChI is InChI=1S/2C20H23ClN4O2/c1-5-10-24-17-16(23-15(11-22-17)20(2,3)4)18(26)25(19(24)27)12-13-6-8-14(21)9-7-13;1-5-10-24-17-16(22-11-15(23-17)20(2,3)4)18(26)25(19(24)27)12-13-6-8-14(21)9-7-13/h2*6-9,11H,5,10,12H2,1-4H3. The normalized spacial score (nSPS) is 11.9. The van der Waals surface area contributed by atoms with E-state index in [1.165, 1.54) is 13.7 Å². The fourth-order valence-electron chi connectivity index (χ4n) is 5.74. The van der Waals surface area contributed by atoms with Crippen molar-refractivity contribution in [2.24, 2.45) is 0 Å². The van der Waals surface area contributed by atoms with Crippen LogP contribution in [-0.4, -0.2) is 38.2 Å². The Morgan fingerprint density at radius 3 is 1.39 bits per heavy atom. The molecule has 0 aliphatic carbocycles. The molecule has 0 spiro atoms. The maximum atomic E-state index is 13.1. The predicted molar refractivity (Wildman–Crippen MR) is 215 cm³/mol.